The number of aryl methyl sites for hydroxylation is 2. The van der Waals surface area contributed by atoms with Crippen molar-refractivity contribution in [2.45, 2.75) is 44.6 Å². The summed E-state index contributed by atoms with van der Waals surface area (Å²) < 4.78 is 5.28. The fourth-order valence-corrected chi connectivity index (χ4v) is 3.95. The van der Waals surface area contributed by atoms with Gasteiger partial charge in [-0.2, -0.15) is 0 Å². The standard InChI is InChI=1S/C19H23N3O4/c23-17-10-14(18(24)20-21-19(25)16-5-2-8-26-16)11-22(17)15-7-6-12-3-1-4-13(12)9-15/h6-7,9,14,16H,1-5,8,10-11H2,(H,20,24)(H,21,25)/t14-,16+/m1/s1. The number of carbonyl (C=O) groups excluding carboxylic acids is 3. The van der Waals surface area contributed by atoms with Crippen molar-refractivity contribution in [3.8, 4) is 0 Å². The number of ether oxygens (including phenoxy) is 1. The molecule has 0 radical (unpaired) electrons. The van der Waals surface area contributed by atoms with Crippen LogP contribution in [0.25, 0.3) is 0 Å². The zero-order chi connectivity index (χ0) is 18.1. The average Bonchev–Trinajstić information content (AvgIpc) is 3.38. The molecule has 0 aromatic heterocycles. The second-order valence-electron chi connectivity index (χ2n) is 7.19. The maximum atomic E-state index is 12.4. The van der Waals surface area contributed by atoms with Gasteiger partial charge in [-0.25, -0.2) is 0 Å². The lowest BCUT2D eigenvalue weighted by atomic mass is 10.1. The SMILES string of the molecule is O=C(NNC(=O)[C@@H]1CCCO1)[C@@H]1CC(=O)N(c2ccc3c(c2)CCC3)C1. The molecule has 3 aliphatic rings. The maximum Gasteiger partial charge on any atom is 0.267 e. The topological polar surface area (TPSA) is 87.7 Å². The molecule has 0 saturated carbocycles. The first-order valence-corrected chi connectivity index (χ1v) is 9.25. The predicted molar refractivity (Wildman–Crippen MR) is 94.2 cm³/mol. The Kier molecular flexibility index (Phi) is 4.63. The summed E-state index contributed by atoms with van der Waals surface area (Å²) in [6.45, 7) is 0.901. The minimum atomic E-state index is -0.497. The minimum absolute atomic E-state index is 0.0615. The molecule has 2 heterocycles. The fourth-order valence-electron chi connectivity index (χ4n) is 3.95. The Hall–Kier alpha value is -2.41. The van der Waals surface area contributed by atoms with E-state index < -0.39 is 12.0 Å². The zero-order valence-electron chi connectivity index (χ0n) is 14.6. The monoisotopic (exact) mass is 357 g/mol. The Balaban J connectivity index is 1.35. The number of nitrogens with zero attached hydrogens (tertiary/aromatic N) is 1. The van der Waals surface area contributed by atoms with Crippen molar-refractivity contribution in [3.05, 3.63) is 29.3 Å². The highest BCUT2D eigenvalue weighted by molar-refractivity contribution is 6.00. The Labute approximate surface area is 152 Å². The number of hydrazine groups is 1. The second kappa shape index (κ2) is 7.07. The molecule has 0 spiro atoms. The Morgan fingerprint density at radius 1 is 1.08 bits per heavy atom. The highest BCUT2D eigenvalue weighted by Crippen LogP contribution is 2.30. The van der Waals surface area contributed by atoms with Gasteiger partial charge in [-0.15, -0.1) is 0 Å². The first kappa shape index (κ1) is 17.0. The summed E-state index contributed by atoms with van der Waals surface area (Å²) in [6.07, 6.45) is 4.46. The fraction of sp³-hybridized carbons (Fsp3) is 0.526. The smallest absolute Gasteiger partial charge is 0.267 e. The molecule has 4 rings (SSSR count). The van der Waals surface area contributed by atoms with Gasteiger partial charge in [0.15, 0.2) is 0 Å². The van der Waals surface area contributed by atoms with Crippen LogP contribution in [0.4, 0.5) is 5.69 Å². The van der Waals surface area contributed by atoms with E-state index in [2.05, 4.69) is 23.0 Å². The average molecular weight is 357 g/mol. The zero-order valence-corrected chi connectivity index (χ0v) is 14.6. The largest absolute Gasteiger partial charge is 0.368 e. The van der Waals surface area contributed by atoms with E-state index in [1.165, 1.54) is 11.1 Å². The van der Waals surface area contributed by atoms with E-state index in [0.717, 1.165) is 31.4 Å². The Bertz CT molecular complexity index is 742. The van der Waals surface area contributed by atoms with Crippen molar-refractivity contribution in [3.63, 3.8) is 0 Å². The number of fused-ring (bicyclic) bond motifs is 1. The van der Waals surface area contributed by atoms with Crippen LogP contribution in [0.1, 0.15) is 36.8 Å². The highest BCUT2D eigenvalue weighted by Gasteiger charge is 2.36. The molecule has 1 aromatic rings. The minimum Gasteiger partial charge on any atom is -0.368 e. The Morgan fingerprint density at radius 2 is 1.88 bits per heavy atom. The normalized spacial score (nSPS) is 24.6. The van der Waals surface area contributed by atoms with Gasteiger partial charge in [-0.1, -0.05) is 6.07 Å². The number of hydrogen-bond donors (Lipinski definition) is 2. The van der Waals surface area contributed by atoms with Crippen LogP contribution in [0.15, 0.2) is 18.2 Å². The lowest BCUT2D eigenvalue weighted by Gasteiger charge is -2.18. The molecule has 0 bridgehead atoms. The molecular formula is C19H23N3O4. The van der Waals surface area contributed by atoms with Gasteiger partial charge in [0.2, 0.25) is 11.8 Å². The summed E-state index contributed by atoms with van der Waals surface area (Å²) in [5.41, 5.74) is 8.36. The van der Waals surface area contributed by atoms with Crippen LogP contribution >= 0.6 is 0 Å². The van der Waals surface area contributed by atoms with Gasteiger partial charge < -0.3 is 9.64 Å². The van der Waals surface area contributed by atoms with Crippen molar-refractivity contribution >= 4 is 23.4 Å². The molecule has 2 N–H and O–H groups in total. The van der Waals surface area contributed by atoms with Crippen molar-refractivity contribution in [2.75, 3.05) is 18.1 Å². The molecular weight excluding hydrogens is 334 g/mol. The summed E-state index contributed by atoms with van der Waals surface area (Å²) in [4.78, 5) is 38.3. The molecule has 2 fully saturated rings. The third-order valence-corrected chi connectivity index (χ3v) is 5.42. The first-order valence-electron chi connectivity index (χ1n) is 9.25. The lowest BCUT2D eigenvalue weighted by molar-refractivity contribution is -0.136. The quantitative estimate of drug-likeness (QED) is 0.786. The van der Waals surface area contributed by atoms with Crippen molar-refractivity contribution in [1.29, 1.82) is 0 Å². The molecule has 3 amide bonds. The van der Waals surface area contributed by atoms with E-state index in [4.69, 9.17) is 4.74 Å². The molecule has 1 aromatic carbocycles. The lowest BCUT2D eigenvalue weighted by Crippen LogP contribution is -2.48. The molecule has 2 atom stereocenters. The maximum absolute atomic E-state index is 12.4. The van der Waals surface area contributed by atoms with Crippen LogP contribution in [0.5, 0.6) is 0 Å². The molecule has 7 heteroatoms. The van der Waals surface area contributed by atoms with Crippen molar-refractivity contribution in [1.82, 2.24) is 10.9 Å². The molecule has 1 aliphatic carbocycles. The van der Waals surface area contributed by atoms with Crippen LogP contribution in [-0.2, 0) is 32.0 Å². The van der Waals surface area contributed by atoms with Gasteiger partial charge in [0.25, 0.3) is 5.91 Å². The van der Waals surface area contributed by atoms with Crippen LogP contribution in [0.3, 0.4) is 0 Å². The van der Waals surface area contributed by atoms with Crippen molar-refractivity contribution < 1.29 is 19.1 Å². The summed E-state index contributed by atoms with van der Waals surface area (Å²) in [7, 11) is 0. The number of hydrogen-bond acceptors (Lipinski definition) is 4. The molecule has 0 unspecified atom stereocenters. The molecule has 138 valence electrons. The molecule has 2 aliphatic heterocycles. The summed E-state index contributed by atoms with van der Waals surface area (Å²) in [5.74, 6) is -1.21. The first-order chi connectivity index (χ1) is 12.6. The van der Waals surface area contributed by atoms with Crippen molar-refractivity contribution in [2.24, 2.45) is 5.92 Å². The summed E-state index contributed by atoms with van der Waals surface area (Å²) in [6, 6.07) is 6.11. The van der Waals surface area contributed by atoms with E-state index in [0.29, 0.717) is 19.6 Å². The third-order valence-electron chi connectivity index (χ3n) is 5.42. The van der Waals surface area contributed by atoms with Gasteiger partial charge in [-0.05, 0) is 55.4 Å². The molecule has 7 nitrogen and oxygen atoms in total. The third kappa shape index (κ3) is 3.31. The Morgan fingerprint density at radius 3 is 2.69 bits per heavy atom. The van der Waals surface area contributed by atoms with Gasteiger partial charge in [0.1, 0.15) is 6.10 Å². The van der Waals surface area contributed by atoms with E-state index in [9.17, 15) is 14.4 Å². The number of benzene rings is 1. The van der Waals surface area contributed by atoms with Crippen LogP contribution < -0.4 is 15.8 Å². The summed E-state index contributed by atoms with van der Waals surface area (Å²) >= 11 is 0. The number of anilines is 1. The summed E-state index contributed by atoms with van der Waals surface area (Å²) in [5, 5.41) is 0. The van der Waals surface area contributed by atoms with Gasteiger partial charge in [0.05, 0.1) is 5.92 Å². The van der Waals surface area contributed by atoms with E-state index in [-0.39, 0.29) is 24.1 Å². The number of rotatable bonds is 3. The molecule has 2 saturated heterocycles. The highest BCUT2D eigenvalue weighted by atomic mass is 16.5. The van der Waals surface area contributed by atoms with Crippen LogP contribution in [-0.4, -0.2) is 37.0 Å². The van der Waals surface area contributed by atoms with E-state index >= 15 is 0 Å². The van der Waals surface area contributed by atoms with Gasteiger partial charge in [-0.3, -0.25) is 25.2 Å². The second-order valence-corrected chi connectivity index (χ2v) is 7.19. The molecule has 26 heavy (non-hydrogen) atoms. The predicted octanol–water partition coefficient (Wildman–Crippen LogP) is 0.855. The van der Waals surface area contributed by atoms with Gasteiger partial charge in [0, 0.05) is 25.3 Å². The number of nitrogens with one attached hydrogen (secondary N) is 2. The van der Waals surface area contributed by atoms with Crippen LogP contribution in [0.2, 0.25) is 0 Å². The number of carbonyl (C=O) groups is 3. The van der Waals surface area contributed by atoms with Crippen LogP contribution in [0, 0.1) is 5.92 Å². The van der Waals surface area contributed by atoms with E-state index in [1.807, 2.05) is 6.07 Å². The number of amides is 3. The van der Waals surface area contributed by atoms with Gasteiger partial charge >= 0.3 is 0 Å². The van der Waals surface area contributed by atoms with E-state index in [1.54, 1.807) is 4.90 Å².